The molecule has 150 valence electrons. The van der Waals surface area contributed by atoms with Crippen molar-refractivity contribution in [3.05, 3.63) is 94.9 Å². The molecule has 0 fully saturated rings. The average Bonchev–Trinajstić information content (AvgIpc) is 3.46. The number of para-hydroxylation sites is 1. The smallest absolute Gasteiger partial charge is 0.267 e. The number of amides is 1. The average molecular weight is 418 g/mol. The van der Waals surface area contributed by atoms with E-state index in [1.54, 1.807) is 23.5 Å². The molecular weight excluding hydrogens is 397 g/mol. The zero-order chi connectivity index (χ0) is 20.5. The third-order valence-electron chi connectivity index (χ3n) is 5.36. The summed E-state index contributed by atoms with van der Waals surface area (Å²) < 4.78 is 16.3. The Kier molecular flexibility index (Phi) is 4.85. The van der Waals surface area contributed by atoms with Gasteiger partial charge in [0, 0.05) is 30.2 Å². The number of nitrogens with zero attached hydrogens (tertiary/aromatic N) is 1. The van der Waals surface area contributed by atoms with Gasteiger partial charge in [-0.2, -0.15) is 0 Å². The Labute approximate surface area is 177 Å². The van der Waals surface area contributed by atoms with E-state index >= 15 is 0 Å². The summed E-state index contributed by atoms with van der Waals surface area (Å²) in [6, 6.07) is 18.5. The Bertz CT molecular complexity index is 1330. The number of halogens is 1. The normalized spacial score (nSPS) is 11.4. The summed E-state index contributed by atoms with van der Waals surface area (Å²) in [5.74, 6) is -0.359. The second-order valence-electron chi connectivity index (χ2n) is 7.28. The Morgan fingerprint density at radius 2 is 1.93 bits per heavy atom. The lowest BCUT2D eigenvalue weighted by Crippen LogP contribution is -2.28. The zero-order valence-electron chi connectivity index (χ0n) is 16.2. The highest BCUT2D eigenvalue weighted by Crippen LogP contribution is 2.26. The van der Waals surface area contributed by atoms with Gasteiger partial charge in [0.2, 0.25) is 0 Å². The number of hydrogen-bond donors (Lipinski definition) is 2. The van der Waals surface area contributed by atoms with Gasteiger partial charge in [-0.05, 0) is 53.3 Å². The molecule has 0 spiro atoms. The SMILES string of the molecule is O=C(NCCc1c[nH]c2ccccc12)c1cc2sccc2n1Cc1ccc(F)cc1. The van der Waals surface area contributed by atoms with Crippen molar-refractivity contribution in [2.75, 3.05) is 6.54 Å². The minimum Gasteiger partial charge on any atom is -0.361 e. The van der Waals surface area contributed by atoms with Gasteiger partial charge in [0.25, 0.3) is 5.91 Å². The number of hydrogen-bond acceptors (Lipinski definition) is 2. The molecule has 6 heteroatoms. The van der Waals surface area contributed by atoms with Crippen LogP contribution in [0.25, 0.3) is 21.1 Å². The fourth-order valence-electron chi connectivity index (χ4n) is 3.85. The second-order valence-corrected chi connectivity index (χ2v) is 8.23. The third-order valence-corrected chi connectivity index (χ3v) is 6.22. The monoisotopic (exact) mass is 417 g/mol. The van der Waals surface area contributed by atoms with Crippen LogP contribution < -0.4 is 5.32 Å². The molecule has 5 aromatic rings. The molecule has 0 saturated heterocycles. The van der Waals surface area contributed by atoms with E-state index in [2.05, 4.69) is 16.4 Å². The van der Waals surface area contributed by atoms with Crippen molar-refractivity contribution in [2.24, 2.45) is 0 Å². The lowest BCUT2D eigenvalue weighted by molar-refractivity contribution is 0.0946. The number of carbonyl (C=O) groups is 1. The second kappa shape index (κ2) is 7.80. The maximum atomic E-state index is 13.3. The Balaban J connectivity index is 1.34. The summed E-state index contributed by atoms with van der Waals surface area (Å²) in [6.45, 7) is 1.07. The number of benzene rings is 2. The van der Waals surface area contributed by atoms with Crippen molar-refractivity contribution in [1.29, 1.82) is 0 Å². The molecule has 0 unspecified atom stereocenters. The van der Waals surface area contributed by atoms with Crippen LogP contribution in [-0.4, -0.2) is 22.0 Å². The number of carbonyl (C=O) groups excluding carboxylic acids is 1. The molecule has 0 atom stereocenters. The van der Waals surface area contributed by atoms with Gasteiger partial charge in [-0.25, -0.2) is 4.39 Å². The molecule has 2 N–H and O–H groups in total. The molecule has 0 radical (unpaired) electrons. The van der Waals surface area contributed by atoms with Gasteiger partial charge >= 0.3 is 0 Å². The molecule has 0 saturated carbocycles. The van der Waals surface area contributed by atoms with E-state index in [1.165, 1.54) is 23.1 Å². The van der Waals surface area contributed by atoms with Crippen LogP contribution in [0.15, 0.2) is 72.2 Å². The summed E-state index contributed by atoms with van der Waals surface area (Å²) in [6.07, 6.45) is 2.76. The van der Waals surface area contributed by atoms with E-state index in [0.717, 1.165) is 27.7 Å². The Hall–Kier alpha value is -3.38. The van der Waals surface area contributed by atoms with Crippen LogP contribution in [0.5, 0.6) is 0 Å². The van der Waals surface area contributed by atoms with Crippen molar-refractivity contribution in [3.8, 4) is 0 Å². The summed E-state index contributed by atoms with van der Waals surface area (Å²) in [7, 11) is 0. The molecule has 30 heavy (non-hydrogen) atoms. The molecule has 3 heterocycles. The first-order valence-corrected chi connectivity index (χ1v) is 10.7. The number of fused-ring (bicyclic) bond motifs is 2. The van der Waals surface area contributed by atoms with Crippen LogP contribution in [0, 0.1) is 5.82 Å². The van der Waals surface area contributed by atoms with E-state index < -0.39 is 0 Å². The largest absolute Gasteiger partial charge is 0.361 e. The van der Waals surface area contributed by atoms with Gasteiger partial charge in [0.05, 0.1) is 10.2 Å². The summed E-state index contributed by atoms with van der Waals surface area (Å²) in [5, 5.41) is 6.26. The van der Waals surface area contributed by atoms with Crippen LogP contribution in [0.1, 0.15) is 21.6 Å². The number of nitrogens with one attached hydrogen (secondary N) is 2. The maximum Gasteiger partial charge on any atom is 0.267 e. The highest BCUT2D eigenvalue weighted by Gasteiger charge is 2.17. The fraction of sp³-hybridized carbons (Fsp3) is 0.125. The Morgan fingerprint density at radius 3 is 2.80 bits per heavy atom. The molecule has 3 aromatic heterocycles. The predicted molar refractivity (Wildman–Crippen MR) is 120 cm³/mol. The van der Waals surface area contributed by atoms with E-state index in [4.69, 9.17) is 0 Å². The van der Waals surface area contributed by atoms with Crippen molar-refractivity contribution in [3.63, 3.8) is 0 Å². The van der Waals surface area contributed by atoms with Gasteiger partial charge in [0.15, 0.2) is 0 Å². The highest BCUT2D eigenvalue weighted by atomic mass is 32.1. The fourth-order valence-corrected chi connectivity index (χ4v) is 4.67. The summed E-state index contributed by atoms with van der Waals surface area (Å²) in [5.41, 5.74) is 4.89. The standard InChI is InChI=1S/C24H20FN3OS/c25-18-7-5-16(6-8-18)15-28-21-10-12-30-23(21)13-22(28)24(29)26-11-9-17-14-27-20-4-2-1-3-19(17)20/h1-8,10,12-14,27H,9,11,15H2,(H,26,29). The van der Waals surface area contributed by atoms with E-state index in [1.807, 2.05) is 46.5 Å². The van der Waals surface area contributed by atoms with Crippen LogP contribution in [0.2, 0.25) is 0 Å². The Morgan fingerprint density at radius 1 is 1.10 bits per heavy atom. The topological polar surface area (TPSA) is 49.8 Å². The van der Waals surface area contributed by atoms with E-state index in [0.29, 0.717) is 18.8 Å². The predicted octanol–water partition coefficient (Wildman–Crippen LogP) is 5.34. The molecule has 0 bridgehead atoms. The van der Waals surface area contributed by atoms with Crippen LogP contribution in [0.4, 0.5) is 4.39 Å². The number of H-pyrrole nitrogens is 1. The molecule has 1 amide bonds. The minimum atomic E-state index is -0.262. The van der Waals surface area contributed by atoms with Crippen LogP contribution in [0.3, 0.4) is 0 Å². The first kappa shape index (κ1) is 18.6. The maximum absolute atomic E-state index is 13.3. The van der Waals surface area contributed by atoms with Gasteiger partial charge < -0.3 is 14.9 Å². The molecule has 0 aliphatic carbocycles. The molecule has 2 aromatic carbocycles. The molecule has 5 rings (SSSR count). The highest BCUT2D eigenvalue weighted by molar-refractivity contribution is 7.17. The summed E-state index contributed by atoms with van der Waals surface area (Å²) in [4.78, 5) is 16.2. The quantitative estimate of drug-likeness (QED) is 0.385. The lowest BCUT2D eigenvalue weighted by atomic mass is 10.1. The van der Waals surface area contributed by atoms with Gasteiger partial charge in [-0.15, -0.1) is 11.3 Å². The van der Waals surface area contributed by atoms with Gasteiger partial charge in [-0.1, -0.05) is 30.3 Å². The van der Waals surface area contributed by atoms with Crippen molar-refractivity contribution < 1.29 is 9.18 Å². The van der Waals surface area contributed by atoms with Crippen molar-refractivity contribution >= 4 is 38.4 Å². The summed E-state index contributed by atoms with van der Waals surface area (Å²) >= 11 is 1.61. The first-order valence-electron chi connectivity index (χ1n) is 9.83. The van der Waals surface area contributed by atoms with E-state index in [-0.39, 0.29) is 11.7 Å². The number of aromatic amines is 1. The first-order chi connectivity index (χ1) is 14.7. The number of aromatic nitrogens is 2. The van der Waals surface area contributed by atoms with E-state index in [9.17, 15) is 9.18 Å². The lowest BCUT2D eigenvalue weighted by Gasteiger charge is -2.11. The molecule has 4 nitrogen and oxygen atoms in total. The van der Waals surface area contributed by atoms with Gasteiger partial charge in [0.1, 0.15) is 11.5 Å². The van der Waals surface area contributed by atoms with Crippen molar-refractivity contribution in [1.82, 2.24) is 14.9 Å². The van der Waals surface area contributed by atoms with Crippen LogP contribution in [-0.2, 0) is 13.0 Å². The minimum absolute atomic E-state index is 0.0969. The van der Waals surface area contributed by atoms with Crippen molar-refractivity contribution in [2.45, 2.75) is 13.0 Å². The van der Waals surface area contributed by atoms with Crippen LogP contribution >= 0.6 is 11.3 Å². The third kappa shape index (κ3) is 3.50. The molecule has 0 aliphatic heterocycles. The molecule has 0 aliphatic rings. The zero-order valence-corrected chi connectivity index (χ0v) is 17.0. The molecular formula is C24H20FN3OS. The van der Waals surface area contributed by atoms with Gasteiger partial charge in [-0.3, -0.25) is 4.79 Å². The number of thiophene rings is 1. The number of rotatable bonds is 6.